The summed E-state index contributed by atoms with van der Waals surface area (Å²) in [6, 6.07) is 10.1. The molecule has 1 aromatic heterocycles. The molecule has 2 rings (SSSR count). The lowest BCUT2D eigenvalue weighted by atomic mass is 10.1. The number of fused-ring (bicyclic) bond motifs is 1. The molecule has 0 aliphatic heterocycles. The quantitative estimate of drug-likeness (QED) is 0.875. The highest BCUT2D eigenvalue weighted by atomic mass is 32.2. The standard InChI is InChI=1S/C15H20N2OS/c1-11(17-19(18)15(2,3)4)13-9-12-7-5-6-8-14(12)16-10-13/h5-11,17H,1-4H3/t11?,19-/m1/s1. The summed E-state index contributed by atoms with van der Waals surface area (Å²) in [6.45, 7) is 7.89. The van der Waals surface area contributed by atoms with Crippen LogP contribution in [0.4, 0.5) is 0 Å². The lowest BCUT2D eigenvalue weighted by Gasteiger charge is -2.26. The second kappa shape index (κ2) is 5.49. The van der Waals surface area contributed by atoms with Crippen molar-refractivity contribution in [2.75, 3.05) is 0 Å². The molecule has 0 aliphatic carbocycles. The predicted octanol–water partition coefficient (Wildman–Crippen LogP) is 3.35. The lowest BCUT2D eigenvalue weighted by molar-refractivity contribution is 0.531. The molecule has 1 aromatic carbocycles. The van der Waals surface area contributed by atoms with Crippen molar-refractivity contribution in [1.82, 2.24) is 9.71 Å². The van der Waals surface area contributed by atoms with Crippen LogP contribution in [0.25, 0.3) is 10.9 Å². The maximum Gasteiger partial charge on any atom is 0.136 e. The van der Waals surface area contributed by atoms with E-state index in [1.165, 1.54) is 0 Å². The Kier molecular flexibility index (Phi) is 4.13. The molecule has 3 nitrogen and oxygen atoms in total. The van der Waals surface area contributed by atoms with Gasteiger partial charge in [-0.05, 0) is 45.4 Å². The van der Waals surface area contributed by atoms with E-state index in [-0.39, 0.29) is 10.8 Å². The zero-order valence-corrected chi connectivity index (χ0v) is 12.6. The zero-order chi connectivity index (χ0) is 14.0. The minimum absolute atomic E-state index is 0.0113. The van der Waals surface area contributed by atoms with Crippen LogP contribution in [0.3, 0.4) is 0 Å². The molecule has 19 heavy (non-hydrogen) atoms. The molecular formula is C15H20N2OS. The topological polar surface area (TPSA) is 48.0 Å². The molecule has 0 saturated carbocycles. The minimum atomic E-state index is -1.08. The molecule has 102 valence electrons. The third kappa shape index (κ3) is 3.47. The van der Waals surface area contributed by atoms with E-state index in [0.29, 0.717) is 0 Å². The van der Waals surface area contributed by atoms with Gasteiger partial charge in [-0.2, -0.15) is 0 Å². The van der Waals surface area contributed by atoms with Crippen molar-refractivity contribution in [3.63, 3.8) is 0 Å². The summed E-state index contributed by atoms with van der Waals surface area (Å²) < 4.78 is 15.0. The van der Waals surface area contributed by atoms with E-state index in [2.05, 4.69) is 15.8 Å². The summed E-state index contributed by atoms with van der Waals surface area (Å²) in [5, 5.41) is 1.11. The van der Waals surface area contributed by atoms with Crippen molar-refractivity contribution >= 4 is 22.3 Å². The highest BCUT2D eigenvalue weighted by Crippen LogP contribution is 2.21. The fraction of sp³-hybridized carbons (Fsp3) is 0.400. The van der Waals surface area contributed by atoms with Crippen molar-refractivity contribution in [3.8, 4) is 0 Å². The smallest absolute Gasteiger partial charge is 0.136 e. The van der Waals surface area contributed by atoms with Crippen LogP contribution < -0.4 is 4.72 Å². The summed E-state index contributed by atoms with van der Waals surface area (Å²) in [5.41, 5.74) is 2.03. The van der Waals surface area contributed by atoms with Crippen molar-refractivity contribution in [2.45, 2.75) is 38.5 Å². The number of nitrogens with zero attached hydrogens (tertiary/aromatic N) is 1. The lowest BCUT2D eigenvalue weighted by Crippen LogP contribution is -2.40. The second-order valence-corrected chi connectivity index (χ2v) is 7.68. The third-order valence-corrected chi connectivity index (χ3v) is 4.63. The van der Waals surface area contributed by atoms with Gasteiger partial charge in [0.15, 0.2) is 0 Å². The number of pyridine rings is 1. The average Bonchev–Trinajstić information content (AvgIpc) is 2.37. The average molecular weight is 276 g/mol. The minimum Gasteiger partial charge on any atom is -0.598 e. The number of rotatable bonds is 3. The van der Waals surface area contributed by atoms with Gasteiger partial charge >= 0.3 is 0 Å². The second-order valence-electron chi connectivity index (χ2n) is 5.68. The Morgan fingerprint density at radius 3 is 2.63 bits per heavy atom. The predicted molar refractivity (Wildman–Crippen MR) is 81.2 cm³/mol. The number of nitrogens with one attached hydrogen (secondary N) is 1. The summed E-state index contributed by atoms with van der Waals surface area (Å²) in [7, 11) is 0. The van der Waals surface area contributed by atoms with Crippen molar-refractivity contribution < 1.29 is 4.55 Å². The fourth-order valence-electron chi connectivity index (χ4n) is 1.73. The fourth-order valence-corrected chi connectivity index (χ4v) is 2.54. The molecule has 0 fully saturated rings. The van der Waals surface area contributed by atoms with Gasteiger partial charge in [-0.1, -0.05) is 18.2 Å². The van der Waals surface area contributed by atoms with Gasteiger partial charge < -0.3 is 4.55 Å². The molecule has 4 heteroatoms. The largest absolute Gasteiger partial charge is 0.598 e. The van der Waals surface area contributed by atoms with E-state index in [4.69, 9.17) is 0 Å². The van der Waals surface area contributed by atoms with E-state index in [9.17, 15) is 4.55 Å². The van der Waals surface area contributed by atoms with Gasteiger partial charge in [-0.25, -0.2) is 0 Å². The number of hydrogen-bond donors (Lipinski definition) is 1. The summed E-state index contributed by atoms with van der Waals surface area (Å²) >= 11 is -1.08. The Balaban J connectivity index is 2.19. The van der Waals surface area contributed by atoms with Crippen LogP contribution in [-0.2, 0) is 11.4 Å². The van der Waals surface area contributed by atoms with E-state index < -0.39 is 11.4 Å². The maximum atomic E-state index is 12.1. The third-order valence-electron chi connectivity index (χ3n) is 2.95. The van der Waals surface area contributed by atoms with E-state index in [1.54, 1.807) is 0 Å². The van der Waals surface area contributed by atoms with Gasteiger partial charge in [0, 0.05) is 22.9 Å². The van der Waals surface area contributed by atoms with Crippen LogP contribution in [0.15, 0.2) is 36.5 Å². The molecule has 1 heterocycles. The monoisotopic (exact) mass is 276 g/mol. The number of para-hydroxylation sites is 1. The highest BCUT2D eigenvalue weighted by Gasteiger charge is 2.28. The van der Waals surface area contributed by atoms with Crippen LogP contribution in [-0.4, -0.2) is 14.3 Å². The normalized spacial score (nSPS) is 15.4. The molecule has 0 spiro atoms. The summed E-state index contributed by atoms with van der Waals surface area (Å²) in [4.78, 5) is 4.43. The molecule has 0 amide bonds. The van der Waals surface area contributed by atoms with Gasteiger partial charge in [0.05, 0.1) is 11.6 Å². The first-order valence-corrected chi connectivity index (χ1v) is 7.55. The first-order chi connectivity index (χ1) is 8.88. The Labute approximate surface area is 117 Å². The van der Waals surface area contributed by atoms with Crippen molar-refractivity contribution in [1.29, 1.82) is 0 Å². The van der Waals surface area contributed by atoms with Crippen LogP contribution in [0, 0.1) is 0 Å². The van der Waals surface area contributed by atoms with Gasteiger partial charge in [0.2, 0.25) is 0 Å². The van der Waals surface area contributed by atoms with Crippen LogP contribution in [0.5, 0.6) is 0 Å². The van der Waals surface area contributed by atoms with Crippen molar-refractivity contribution in [3.05, 3.63) is 42.1 Å². The molecule has 0 saturated heterocycles. The highest BCUT2D eigenvalue weighted by molar-refractivity contribution is 7.90. The summed E-state index contributed by atoms with van der Waals surface area (Å²) in [6.07, 6.45) is 1.85. The van der Waals surface area contributed by atoms with E-state index in [0.717, 1.165) is 16.5 Å². The van der Waals surface area contributed by atoms with Gasteiger partial charge in [-0.15, -0.1) is 4.72 Å². The Morgan fingerprint density at radius 2 is 1.95 bits per heavy atom. The van der Waals surface area contributed by atoms with Crippen molar-refractivity contribution in [2.24, 2.45) is 0 Å². The van der Waals surface area contributed by atoms with Gasteiger partial charge in [-0.3, -0.25) is 4.98 Å². The van der Waals surface area contributed by atoms with E-state index >= 15 is 0 Å². The first-order valence-electron chi connectivity index (χ1n) is 6.40. The first kappa shape index (κ1) is 14.3. The Hall–Kier alpha value is -1.10. The Bertz CT molecular complexity index is 565. The molecule has 2 aromatic rings. The molecule has 0 bridgehead atoms. The molecule has 0 radical (unpaired) electrons. The number of benzene rings is 1. The molecule has 2 atom stereocenters. The van der Waals surface area contributed by atoms with Crippen LogP contribution in [0.2, 0.25) is 0 Å². The maximum absolute atomic E-state index is 12.1. The summed E-state index contributed by atoms with van der Waals surface area (Å²) in [5.74, 6) is 0. The number of aromatic nitrogens is 1. The number of hydrogen-bond acceptors (Lipinski definition) is 3. The SMILES string of the molecule is CC(N[S@+]([O-])C(C)(C)C)c1cnc2ccccc2c1. The Morgan fingerprint density at radius 1 is 1.26 bits per heavy atom. The molecule has 0 aliphatic rings. The molecule has 1 unspecified atom stereocenters. The van der Waals surface area contributed by atoms with E-state index in [1.807, 2.05) is 58.2 Å². The zero-order valence-electron chi connectivity index (χ0n) is 11.8. The van der Waals surface area contributed by atoms with Gasteiger partial charge in [0.25, 0.3) is 0 Å². The van der Waals surface area contributed by atoms with Gasteiger partial charge in [0.1, 0.15) is 4.75 Å². The molecular weight excluding hydrogens is 256 g/mol. The van der Waals surface area contributed by atoms with Crippen LogP contribution >= 0.6 is 0 Å². The molecule has 1 N–H and O–H groups in total. The van der Waals surface area contributed by atoms with Crippen LogP contribution in [0.1, 0.15) is 39.3 Å².